The molecule has 0 N–H and O–H groups in total. The Balaban J connectivity index is 1.62. The fourth-order valence-electron chi connectivity index (χ4n) is 3.75. The van der Waals surface area contributed by atoms with Crippen LogP contribution < -0.4 is 4.74 Å². The van der Waals surface area contributed by atoms with Crippen molar-refractivity contribution in [3.63, 3.8) is 0 Å². The van der Waals surface area contributed by atoms with Crippen LogP contribution in [0.2, 0.25) is 0 Å². The summed E-state index contributed by atoms with van der Waals surface area (Å²) in [5.41, 5.74) is 5.16. The molecule has 1 aromatic heterocycles. The van der Waals surface area contributed by atoms with Crippen LogP contribution in [0.25, 0.3) is 11.3 Å². The third kappa shape index (κ3) is 5.29. The van der Waals surface area contributed by atoms with Crippen molar-refractivity contribution in [2.45, 2.75) is 26.9 Å². The summed E-state index contributed by atoms with van der Waals surface area (Å²) in [7, 11) is 1.56. The van der Waals surface area contributed by atoms with E-state index in [2.05, 4.69) is 11.2 Å². The summed E-state index contributed by atoms with van der Waals surface area (Å²) in [5.74, 6) is 0.743. The maximum atomic E-state index is 13.4. The molecule has 0 aliphatic carbocycles. The molecule has 0 spiro atoms. The van der Waals surface area contributed by atoms with Gasteiger partial charge in [-0.1, -0.05) is 47.1 Å². The number of ether oxygens (including phenoxy) is 1. The van der Waals surface area contributed by atoms with Crippen LogP contribution in [-0.2, 0) is 13.1 Å². The average Bonchev–Trinajstić information content (AvgIpc) is 3.27. The van der Waals surface area contributed by atoms with Crippen LogP contribution >= 0.6 is 0 Å². The lowest BCUT2D eigenvalue weighted by Crippen LogP contribution is -2.30. The van der Waals surface area contributed by atoms with Crippen LogP contribution in [0.3, 0.4) is 0 Å². The summed E-state index contributed by atoms with van der Waals surface area (Å²) < 4.78 is 24.3. The number of aromatic nitrogens is 1. The monoisotopic (exact) mass is 444 g/mol. The van der Waals surface area contributed by atoms with Crippen LogP contribution in [0.5, 0.6) is 5.75 Å². The quantitative estimate of drug-likeness (QED) is 0.354. The number of aryl methyl sites for hydroxylation is 2. The minimum atomic E-state index is -0.320. The van der Waals surface area contributed by atoms with E-state index < -0.39 is 0 Å². The highest BCUT2D eigenvalue weighted by molar-refractivity contribution is 5.94. The van der Waals surface area contributed by atoms with E-state index in [1.54, 1.807) is 48.4 Å². The summed E-state index contributed by atoms with van der Waals surface area (Å²) in [6, 6.07) is 21.1. The Morgan fingerprint density at radius 3 is 2.52 bits per heavy atom. The first-order chi connectivity index (χ1) is 15.9. The topological polar surface area (TPSA) is 55.6 Å². The first-order valence-corrected chi connectivity index (χ1v) is 10.6. The molecule has 5 nitrogen and oxygen atoms in total. The third-order valence-electron chi connectivity index (χ3n) is 5.45. The Morgan fingerprint density at radius 2 is 1.79 bits per heavy atom. The molecule has 4 aromatic rings. The van der Waals surface area contributed by atoms with Gasteiger partial charge in [-0.2, -0.15) is 0 Å². The standard InChI is InChI=1S/C27H25FN2O3/c1-18-7-12-25(19(2)13-18)26-15-23(29-33-26)17-30(16-20-8-10-22(28)11-9-20)27(31)21-5-4-6-24(14-21)32-3/h4-15H,16-17H2,1-3H3. The molecule has 1 amide bonds. The van der Waals surface area contributed by atoms with E-state index in [1.807, 2.05) is 32.0 Å². The van der Waals surface area contributed by atoms with Crippen LogP contribution in [0.15, 0.2) is 77.3 Å². The number of benzene rings is 3. The molecule has 33 heavy (non-hydrogen) atoms. The lowest BCUT2D eigenvalue weighted by atomic mass is 10.0. The summed E-state index contributed by atoms with van der Waals surface area (Å²) in [6.07, 6.45) is 0. The summed E-state index contributed by atoms with van der Waals surface area (Å²) in [5, 5.41) is 4.21. The number of carbonyl (C=O) groups excluding carboxylic acids is 1. The van der Waals surface area contributed by atoms with Gasteiger partial charge in [0.05, 0.1) is 13.7 Å². The molecule has 0 unspecified atom stereocenters. The summed E-state index contributed by atoms with van der Waals surface area (Å²) >= 11 is 0. The van der Waals surface area contributed by atoms with Gasteiger partial charge in [-0.05, 0) is 55.3 Å². The number of amides is 1. The second-order valence-electron chi connectivity index (χ2n) is 8.02. The predicted molar refractivity (Wildman–Crippen MR) is 124 cm³/mol. The Bertz CT molecular complexity index is 1260. The minimum absolute atomic E-state index is 0.186. The maximum absolute atomic E-state index is 13.4. The number of methoxy groups -OCH3 is 1. The normalized spacial score (nSPS) is 10.8. The fourth-order valence-corrected chi connectivity index (χ4v) is 3.75. The maximum Gasteiger partial charge on any atom is 0.254 e. The molecule has 0 atom stereocenters. The molecule has 0 fully saturated rings. The van der Waals surface area contributed by atoms with Crippen molar-refractivity contribution in [2.24, 2.45) is 0 Å². The van der Waals surface area contributed by atoms with Crippen molar-refractivity contribution in [3.05, 3.63) is 107 Å². The average molecular weight is 445 g/mol. The third-order valence-corrected chi connectivity index (χ3v) is 5.45. The molecule has 0 aliphatic rings. The first-order valence-electron chi connectivity index (χ1n) is 10.6. The fraction of sp³-hybridized carbons (Fsp3) is 0.185. The van der Waals surface area contributed by atoms with Crippen molar-refractivity contribution in [2.75, 3.05) is 7.11 Å². The van der Waals surface area contributed by atoms with E-state index in [4.69, 9.17) is 9.26 Å². The molecule has 0 saturated carbocycles. The smallest absolute Gasteiger partial charge is 0.254 e. The molecule has 6 heteroatoms. The molecule has 4 rings (SSSR count). The molecule has 3 aromatic carbocycles. The van der Waals surface area contributed by atoms with E-state index in [9.17, 15) is 9.18 Å². The van der Waals surface area contributed by atoms with Gasteiger partial charge in [0.15, 0.2) is 5.76 Å². The predicted octanol–water partition coefficient (Wildman–Crippen LogP) is 5.95. The van der Waals surface area contributed by atoms with Gasteiger partial charge in [0, 0.05) is 23.7 Å². The summed E-state index contributed by atoms with van der Waals surface area (Å²) in [4.78, 5) is 15.1. The van der Waals surface area contributed by atoms with E-state index >= 15 is 0 Å². The molecule has 0 aliphatic heterocycles. The zero-order valence-corrected chi connectivity index (χ0v) is 18.8. The largest absolute Gasteiger partial charge is 0.497 e. The number of hydrogen-bond acceptors (Lipinski definition) is 4. The van der Waals surface area contributed by atoms with Gasteiger partial charge in [0.1, 0.15) is 17.3 Å². The molecule has 0 radical (unpaired) electrons. The highest BCUT2D eigenvalue weighted by Gasteiger charge is 2.20. The van der Waals surface area contributed by atoms with Gasteiger partial charge < -0.3 is 14.2 Å². The van der Waals surface area contributed by atoms with Gasteiger partial charge >= 0.3 is 0 Å². The zero-order chi connectivity index (χ0) is 23.4. The van der Waals surface area contributed by atoms with Gasteiger partial charge in [-0.15, -0.1) is 0 Å². The SMILES string of the molecule is COc1cccc(C(=O)N(Cc2ccc(F)cc2)Cc2cc(-c3ccc(C)cc3C)on2)c1. The second kappa shape index (κ2) is 9.69. The summed E-state index contributed by atoms with van der Waals surface area (Å²) in [6.45, 7) is 4.60. The molecule has 168 valence electrons. The van der Waals surface area contributed by atoms with Crippen molar-refractivity contribution in [1.29, 1.82) is 0 Å². The van der Waals surface area contributed by atoms with Crippen LogP contribution in [-0.4, -0.2) is 23.1 Å². The molecule has 0 saturated heterocycles. The van der Waals surface area contributed by atoms with Crippen LogP contribution in [0, 0.1) is 19.7 Å². The van der Waals surface area contributed by atoms with Crippen molar-refractivity contribution < 1.29 is 18.4 Å². The Hall–Kier alpha value is -3.93. The highest BCUT2D eigenvalue weighted by Crippen LogP contribution is 2.26. The Kier molecular flexibility index (Phi) is 6.54. The van der Waals surface area contributed by atoms with Crippen molar-refractivity contribution >= 4 is 5.91 Å². The molecular formula is C27H25FN2O3. The van der Waals surface area contributed by atoms with E-state index in [0.29, 0.717) is 29.3 Å². The molecule has 0 bridgehead atoms. The van der Waals surface area contributed by atoms with E-state index in [0.717, 1.165) is 16.7 Å². The second-order valence-corrected chi connectivity index (χ2v) is 8.02. The lowest BCUT2D eigenvalue weighted by Gasteiger charge is -2.22. The molecule has 1 heterocycles. The highest BCUT2D eigenvalue weighted by atomic mass is 19.1. The molecular weight excluding hydrogens is 419 g/mol. The van der Waals surface area contributed by atoms with Gasteiger partial charge in [-0.25, -0.2) is 4.39 Å². The number of carbonyl (C=O) groups is 1. The van der Waals surface area contributed by atoms with E-state index in [1.165, 1.54) is 17.7 Å². The van der Waals surface area contributed by atoms with Gasteiger partial charge in [0.25, 0.3) is 5.91 Å². The minimum Gasteiger partial charge on any atom is -0.497 e. The number of halogens is 1. The lowest BCUT2D eigenvalue weighted by molar-refractivity contribution is 0.0726. The van der Waals surface area contributed by atoms with Crippen molar-refractivity contribution in [3.8, 4) is 17.1 Å². The van der Waals surface area contributed by atoms with Gasteiger partial charge in [0.2, 0.25) is 0 Å². The number of rotatable bonds is 7. The Morgan fingerprint density at radius 1 is 1.00 bits per heavy atom. The first kappa shape index (κ1) is 22.3. The van der Waals surface area contributed by atoms with Crippen molar-refractivity contribution in [1.82, 2.24) is 10.1 Å². The number of hydrogen-bond donors (Lipinski definition) is 0. The van der Waals surface area contributed by atoms with Crippen LogP contribution in [0.4, 0.5) is 4.39 Å². The Labute approximate surface area is 192 Å². The van der Waals surface area contributed by atoms with Crippen LogP contribution in [0.1, 0.15) is 32.7 Å². The zero-order valence-electron chi connectivity index (χ0n) is 18.8. The van der Waals surface area contributed by atoms with E-state index in [-0.39, 0.29) is 18.3 Å². The van der Waals surface area contributed by atoms with Gasteiger partial charge in [-0.3, -0.25) is 4.79 Å². The number of nitrogens with zero attached hydrogens (tertiary/aromatic N) is 2.